The number of benzene rings is 2. The SMILES string of the molecule is CCCN1CC[C@]2(c3ccc(OC)c(OC)c3)CC[C@@H](NC(=O)Nc3cccc(F)c3)C[C@H]12. The molecule has 0 aromatic heterocycles. The second kappa shape index (κ2) is 10.00. The third-order valence-corrected chi connectivity index (χ3v) is 7.26. The lowest BCUT2D eigenvalue weighted by Gasteiger charge is -2.45. The van der Waals surface area contributed by atoms with E-state index in [1.807, 2.05) is 6.07 Å². The Morgan fingerprint density at radius 1 is 1.15 bits per heavy atom. The highest BCUT2D eigenvalue weighted by Gasteiger charge is 2.51. The topological polar surface area (TPSA) is 62.8 Å². The summed E-state index contributed by atoms with van der Waals surface area (Å²) in [6, 6.07) is 12.4. The molecule has 33 heavy (non-hydrogen) atoms. The Hall–Kier alpha value is -2.80. The van der Waals surface area contributed by atoms with Gasteiger partial charge in [0.1, 0.15) is 5.82 Å². The summed E-state index contributed by atoms with van der Waals surface area (Å²) in [6.07, 6.45) is 4.94. The van der Waals surface area contributed by atoms with Crippen molar-refractivity contribution in [2.24, 2.45) is 0 Å². The third kappa shape index (κ3) is 4.78. The van der Waals surface area contributed by atoms with Crippen LogP contribution >= 0.6 is 0 Å². The van der Waals surface area contributed by atoms with Crippen LogP contribution in [0.15, 0.2) is 42.5 Å². The highest BCUT2D eigenvalue weighted by Crippen LogP contribution is 2.50. The molecule has 0 bridgehead atoms. The molecule has 6 nitrogen and oxygen atoms in total. The van der Waals surface area contributed by atoms with E-state index < -0.39 is 0 Å². The third-order valence-electron chi connectivity index (χ3n) is 7.26. The fourth-order valence-corrected chi connectivity index (χ4v) is 5.73. The molecule has 7 heteroatoms. The largest absolute Gasteiger partial charge is 0.493 e. The Morgan fingerprint density at radius 3 is 2.70 bits per heavy atom. The van der Waals surface area contributed by atoms with Gasteiger partial charge in [-0.3, -0.25) is 4.90 Å². The van der Waals surface area contributed by atoms with E-state index in [1.165, 1.54) is 17.7 Å². The highest BCUT2D eigenvalue weighted by atomic mass is 19.1. The molecule has 1 aliphatic carbocycles. The number of rotatable bonds is 7. The molecule has 2 aromatic rings. The van der Waals surface area contributed by atoms with Crippen molar-refractivity contribution in [1.29, 1.82) is 0 Å². The predicted octanol–water partition coefficient (Wildman–Crippen LogP) is 4.94. The van der Waals surface area contributed by atoms with Gasteiger partial charge in [-0.2, -0.15) is 0 Å². The van der Waals surface area contributed by atoms with Crippen molar-refractivity contribution >= 4 is 11.7 Å². The Labute approximate surface area is 195 Å². The standard InChI is InChI=1S/C26H34FN3O3/c1-4-13-30-14-12-26(18-8-9-22(32-2)23(15-18)33-3)11-10-21(17-24(26)30)29-25(31)28-20-7-5-6-19(27)16-20/h5-9,15-16,21,24H,4,10-14,17H2,1-3H3,(H2,28,29,31)/t21-,24+,26+/m1/s1. The minimum Gasteiger partial charge on any atom is -0.493 e. The molecule has 0 radical (unpaired) electrons. The van der Waals surface area contributed by atoms with Gasteiger partial charge in [0.05, 0.1) is 14.2 Å². The molecule has 2 aliphatic rings. The maximum absolute atomic E-state index is 13.5. The minimum atomic E-state index is -0.369. The van der Waals surface area contributed by atoms with Crippen molar-refractivity contribution < 1.29 is 18.7 Å². The van der Waals surface area contributed by atoms with Gasteiger partial charge in [0.25, 0.3) is 0 Å². The van der Waals surface area contributed by atoms with E-state index in [4.69, 9.17) is 9.47 Å². The summed E-state index contributed by atoms with van der Waals surface area (Å²) in [6.45, 7) is 4.30. The molecule has 3 atom stereocenters. The summed E-state index contributed by atoms with van der Waals surface area (Å²) in [7, 11) is 3.33. The van der Waals surface area contributed by atoms with E-state index in [2.05, 4.69) is 34.6 Å². The average molecular weight is 456 g/mol. The molecule has 1 heterocycles. The molecule has 2 fully saturated rings. The monoisotopic (exact) mass is 455 g/mol. The van der Waals surface area contributed by atoms with Gasteiger partial charge in [-0.25, -0.2) is 9.18 Å². The number of halogens is 1. The van der Waals surface area contributed by atoms with Gasteiger partial charge in [-0.05, 0) is 81.1 Å². The number of carbonyl (C=O) groups is 1. The van der Waals surface area contributed by atoms with Gasteiger partial charge >= 0.3 is 6.03 Å². The number of ether oxygens (including phenoxy) is 2. The molecule has 2 amide bonds. The number of carbonyl (C=O) groups excluding carboxylic acids is 1. The van der Waals surface area contributed by atoms with Crippen LogP contribution < -0.4 is 20.1 Å². The minimum absolute atomic E-state index is 0.0337. The Bertz CT molecular complexity index is 985. The number of urea groups is 1. The zero-order valence-corrected chi connectivity index (χ0v) is 19.7. The van der Waals surface area contributed by atoms with E-state index in [1.54, 1.807) is 26.4 Å². The second-order valence-corrected chi connectivity index (χ2v) is 9.11. The fraction of sp³-hybridized carbons (Fsp3) is 0.500. The quantitative estimate of drug-likeness (QED) is 0.621. The van der Waals surface area contributed by atoms with Crippen LogP contribution in [0.4, 0.5) is 14.9 Å². The van der Waals surface area contributed by atoms with Crippen molar-refractivity contribution in [1.82, 2.24) is 10.2 Å². The van der Waals surface area contributed by atoms with Crippen molar-refractivity contribution in [2.45, 2.75) is 56.5 Å². The van der Waals surface area contributed by atoms with Crippen LogP contribution in [-0.2, 0) is 5.41 Å². The predicted molar refractivity (Wildman–Crippen MR) is 128 cm³/mol. The summed E-state index contributed by atoms with van der Waals surface area (Å²) in [5.74, 6) is 1.13. The molecular formula is C26H34FN3O3. The zero-order valence-electron chi connectivity index (χ0n) is 19.7. The number of amides is 2. The number of hydrogen-bond donors (Lipinski definition) is 2. The molecule has 2 aromatic carbocycles. The van der Waals surface area contributed by atoms with Crippen LogP contribution in [0, 0.1) is 5.82 Å². The maximum atomic E-state index is 13.5. The first-order valence-corrected chi connectivity index (χ1v) is 11.8. The molecule has 178 valence electrons. The summed E-state index contributed by atoms with van der Waals surface area (Å²) in [4.78, 5) is 15.2. The molecular weight excluding hydrogens is 421 g/mol. The Kier molecular flexibility index (Phi) is 7.08. The van der Waals surface area contributed by atoms with E-state index in [-0.39, 0.29) is 23.3 Å². The lowest BCUT2D eigenvalue weighted by atomic mass is 9.65. The van der Waals surface area contributed by atoms with Crippen LogP contribution in [0.2, 0.25) is 0 Å². The summed E-state index contributed by atoms with van der Waals surface area (Å²) < 4.78 is 24.5. The summed E-state index contributed by atoms with van der Waals surface area (Å²) >= 11 is 0. The second-order valence-electron chi connectivity index (χ2n) is 9.11. The van der Waals surface area contributed by atoms with Crippen LogP contribution in [-0.4, -0.2) is 50.3 Å². The average Bonchev–Trinajstić information content (AvgIpc) is 3.17. The first-order valence-electron chi connectivity index (χ1n) is 11.8. The van der Waals surface area contributed by atoms with Gasteiger partial charge in [0.2, 0.25) is 0 Å². The number of hydrogen-bond acceptors (Lipinski definition) is 4. The van der Waals surface area contributed by atoms with Crippen LogP contribution in [0.3, 0.4) is 0 Å². The van der Waals surface area contributed by atoms with Gasteiger partial charge in [0, 0.05) is 23.2 Å². The normalized spacial score (nSPS) is 24.7. The van der Waals surface area contributed by atoms with Crippen LogP contribution in [0.5, 0.6) is 11.5 Å². The first-order chi connectivity index (χ1) is 16.0. The van der Waals surface area contributed by atoms with Crippen molar-refractivity contribution in [2.75, 3.05) is 32.6 Å². The fourth-order valence-electron chi connectivity index (χ4n) is 5.73. The highest BCUT2D eigenvalue weighted by molar-refractivity contribution is 5.89. The molecule has 1 saturated carbocycles. The maximum Gasteiger partial charge on any atom is 0.319 e. The van der Waals surface area contributed by atoms with Crippen molar-refractivity contribution in [3.8, 4) is 11.5 Å². The number of likely N-dealkylation sites (tertiary alicyclic amines) is 1. The lowest BCUT2D eigenvalue weighted by Crippen LogP contribution is -2.53. The van der Waals surface area contributed by atoms with Gasteiger partial charge in [0.15, 0.2) is 11.5 Å². The molecule has 2 N–H and O–H groups in total. The number of nitrogens with one attached hydrogen (secondary N) is 2. The van der Waals surface area contributed by atoms with E-state index in [0.717, 1.165) is 56.7 Å². The van der Waals surface area contributed by atoms with Gasteiger partial charge in [-0.15, -0.1) is 0 Å². The van der Waals surface area contributed by atoms with E-state index in [0.29, 0.717) is 11.7 Å². The Balaban J connectivity index is 1.52. The number of nitrogens with zero attached hydrogens (tertiary/aromatic N) is 1. The molecule has 4 rings (SSSR count). The number of anilines is 1. The number of fused-ring (bicyclic) bond motifs is 1. The van der Waals surface area contributed by atoms with Gasteiger partial charge in [-0.1, -0.05) is 19.1 Å². The summed E-state index contributed by atoms with van der Waals surface area (Å²) in [5.41, 5.74) is 1.77. The van der Waals surface area contributed by atoms with Crippen LogP contribution in [0.25, 0.3) is 0 Å². The molecule has 0 spiro atoms. The molecule has 1 aliphatic heterocycles. The summed E-state index contributed by atoms with van der Waals surface area (Å²) in [5, 5.41) is 5.89. The molecule has 1 saturated heterocycles. The van der Waals surface area contributed by atoms with Crippen molar-refractivity contribution in [3.05, 3.63) is 53.8 Å². The number of methoxy groups -OCH3 is 2. The zero-order chi connectivity index (χ0) is 23.4. The van der Waals surface area contributed by atoms with Crippen molar-refractivity contribution in [3.63, 3.8) is 0 Å². The first kappa shape index (κ1) is 23.4. The molecule has 0 unspecified atom stereocenters. The lowest BCUT2D eigenvalue weighted by molar-refractivity contribution is 0.136. The van der Waals surface area contributed by atoms with E-state index >= 15 is 0 Å². The Morgan fingerprint density at radius 2 is 1.97 bits per heavy atom. The smallest absolute Gasteiger partial charge is 0.319 e. The van der Waals surface area contributed by atoms with Gasteiger partial charge < -0.3 is 20.1 Å². The van der Waals surface area contributed by atoms with Crippen LogP contribution in [0.1, 0.15) is 44.6 Å². The van der Waals surface area contributed by atoms with E-state index in [9.17, 15) is 9.18 Å².